The fourth-order valence-corrected chi connectivity index (χ4v) is 6.00. The molecule has 1 aliphatic rings. The van der Waals surface area contributed by atoms with E-state index in [1.165, 1.54) is 12.4 Å². The maximum absolute atomic E-state index is 14.7. The predicted molar refractivity (Wildman–Crippen MR) is 136 cm³/mol. The number of anilines is 1. The number of aryl methyl sites for hydroxylation is 1. The summed E-state index contributed by atoms with van der Waals surface area (Å²) in [5.41, 5.74) is 1.48. The van der Waals surface area contributed by atoms with Crippen LogP contribution in [-0.4, -0.2) is 46.6 Å². The molecular formula is C25H25ClFN5O3S. The molecule has 8 nitrogen and oxygen atoms in total. The molecule has 0 saturated heterocycles. The molecule has 0 amide bonds. The van der Waals surface area contributed by atoms with Gasteiger partial charge in [0.15, 0.2) is 23.1 Å². The Labute approximate surface area is 213 Å². The number of hydrogen-bond donors (Lipinski definition) is 1. The van der Waals surface area contributed by atoms with Crippen molar-refractivity contribution in [1.82, 2.24) is 18.9 Å². The van der Waals surface area contributed by atoms with Gasteiger partial charge in [0.05, 0.1) is 22.2 Å². The van der Waals surface area contributed by atoms with E-state index in [0.29, 0.717) is 16.0 Å². The van der Waals surface area contributed by atoms with Crippen molar-refractivity contribution >= 4 is 38.5 Å². The number of benzene rings is 1. The van der Waals surface area contributed by atoms with E-state index in [2.05, 4.69) is 20.3 Å². The van der Waals surface area contributed by atoms with E-state index >= 15 is 0 Å². The second-order valence-corrected chi connectivity index (χ2v) is 11.2. The van der Waals surface area contributed by atoms with Crippen molar-refractivity contribution in [3.05, 3.63) is 65.3 Å². The Hall–Kier alpha value is -3.08. The predicted octanol–water partition coefficient (Wildman–Crippen LogP) is 5.20. The maximum atomic E-state index is 14.7. The minimum absolute atomic E-state index is 0.000295. The van der Waals surface area contributed by atoms with E-state index in [4.69, 9.17) is 16.3 Å². The molecule has 1 N–H and O–H groups in total. The molecule has 0 radical (unpaired) electrons. The molecule has 36 heavy (non-hydrogen) atoms. The number of nitrogens with zero attached hydrogens (tertiary/aromatic N) is 4. The van der Waals surface area contributed by atoms with Gasteiger partial charge in [0.2, 0.25) is 0 Å². The van der Waals surface area contributed by atoms with Gasteiger partial charge < -0.3 is 10.1 Å². The molecule has 0 bridgehead atoms. The molecule has 0 aliphatic heterocycles. The van der Waals surface area contributed by atoms with Gasteiger partial charge in [-0.05, 0) is 50.8 Å². The number of halogens is 2. The largest absolute Gasteiger partial charge is 0.381 e. The first-order valence-corrected chi connectivity index (χ1v) is 13.4. The molecular weight excluding hydrogens is 505 g/mol. The van der Waals surface area contributed by atoms with Gasteiger partial charge in [-0.3, -0.25) is 0 Å². The fourth-order valence-electron chi connectivity index (χ4n) is 4.52. The molecule has 1 fully saturated rings. The fraction of sp³-hybridized carbons (Fsp3) is 0.320. The highest BCUT2D eigenvalue weighted by molar-refractivity contribution is 7.90. The third-order valence-corrected chi connectivity index (χ3v) is 8.31. The van der Waals surface area contributed by atoms with Gasteiger partial charge in [0.25, 0.3) is 10.0 Å². The monoisotopic (exact) mass is 529 g/mol. The van der Waals surface area contributed by atoms with Crippen molar-refractivity contribution in [2.45, 2.75) is 49.6 Å². The Morgan fingerprint density at radius 2 is 1.94 bits per heavy atom. The molecule has 5 rings (SSSR count). The summed E-state index contributed by atoms with van der Waals surface area (Å²) in [6, 6.07) is 8.14. The number of ether oxygens (including phenoxy) is 1. The van der Waals surface area contributed by atoms with E-state index in [0.717, 1.165) is 41.4 Å². The van der Waals surface area contributed by atoms with Gasteiger partial charge in [-0.15, -0.1) is 0 Å². The second-order valence-electron chi connectivity index (χ2n) is 8.94. The summed E-state index contributed by atoms with van der Waals surface area (Å²) < 4.78 is 48.2. The molecule has 1 aliphatic carbocycles. The average molecular weight is 530 g/mol. The summed E-state index contributed by atoms with van der Waals surface area (Å²) in [4.78, 5) is 13.0. The normalized spacial score (nSPS) is 18.4. The van der Waals surface area contributed by atoms with Crippen molar-refractivity contribution in [3.63, 3.8) is 0 Å². The number of pyridine rings is 1. The Balaban J connectivity index is 1.59. The molecule has 4 aromatic rings. The molecule has 1 saturated carbocycles. The highest BCUT2D eigenvalue weighted by Crippen LogP contribution is 2.33. The van der Waals surface area contributed by atoms with Crippen molar-refractivity contribution in [2.75, 3.05) is 12.4 Å². The van der Waals surface area contributed by atoms with E-state index in [-0.39, 0.29) is 34.3 Å². The highest BCUT2D eigenvalue weighted by atomic mass is 35.5. The Kier molecular flexibility index (Phi) is 6.67. The molecule has 11 heteroatoms. The highest BCUT2D eigenvalue weighted by Gasteiger charge is 2.26. The third kappa shape index (κ3) is 4.68. The van der Waals surface area contributed by atoms with Crippen LogP contribution < -0.4 is 5.32 Å². The lowest BCUT2D eigenvalue weighted by molar-refractivity contribution is 0.0668. The zero-order chi connectivity index (χ0) is 25.4. The standard InChI is InChI=1S/C25H25ClFN5O3S/c1-15-6-8-19(9-7-15)36(33,34)32-14-21(20-10-16(26)12-29-25(20)32)23-28-13-22(27)24(31-23)30-17-4-3-5-18(11-17)35-2/h6-10,12-14,17-18H,3-5,11H2,1-2H3,(H,28,30,31)/t17-,18?/m0/s1. The van der Waals surface area contributed by atoms with Crippen LogP contribution in [0.4, 0.5) is 10.2 Å². The van der Waals surface area contributed by atoms with Gasteiger partial charge in [-0.1, -0.05) is 29.3 Å². The molecule has 1 aromatic carbocycles. The lowest BCUT2D eigenvalue weighted by atomic mass is 9.93. The van der Waals surface area contributed by atoms with Crippen LogP contribution in [0.15, 0.2) is 53.8 Å². The van der Waals surface area contributed by atoms with Crippen LogP contribution >= 0.6 is 11.6 Å². The topological polar surface area (TPSA) is 99.0 Å². The number of methoxy groups -OCH3 is 1. The maximum Gasteiger partial charge on any atom is 0.269 e. The van der Waals surface area contributed by atoms with Gasteiger partial charge >= 0.3 is 0 Å². The van der Waals surface area contributed by atoms with E-state index in [9.17, 15) is 12.8 Å². The van der Waals surface area contributed by atoms with Crippen molar-refractivity contribution in [2.24, 2.45) is 0 Å². The zero-order valence-electron chi connectivity index (χ0n) is 19.8. The average Bonchev–Trinajstić information content (AvgIpc) is 3.25. The first-order valence-electron chi connectivity index (χ1n) is 11.6. The van der Waals surface area contributed by atoms with Crippen molar-refractivity contribution in [1.29, 1.82) is 0 Å². The summed E-state index contributed by atoms with van der Waals surface area (Å²) in [7, 11) is -2.30. The minimum atomic E-state index is -3.98. The second kappa shape index (κ2) is 9.76. The van der Waals surface area contributed by atoms with Gasteiger partial charge in [-0.2, -0.15) is 0 Å². The van der Waals surface area contributed by atoms with E-state index in [1.54, 1.807) is 37.4 Å². The molecule has 1 unspecified atom stereocenters. The number of fused-ring (bicyclic) bond motifs is 1. The van der Waals surface area contributed by atoms with Gasteiger partial charge in [-0.25, -0.2) is 31.7 Å². The Morgan fingerprint density at radius 1 is 1.17 bits per heavy atom. The molecule has 188 valence electrons. The van der Waals surface area contributed by atoms with Crippen molar-refractivity contribution < 1.29 is 17.5 Å². The summed E-state index contributed by atoms with van der Waals surface area (Å²) in [6.07, 6.45) is 7.51. The van der Waals surface area contributed by atoms with Crippen LogP contribution in [0.3, 0.4) is 0 Å². The number of rotatable bonds is 6. The molecule has 3 heterocycles. The van der Waals surface area contributed by atoms with E-state index < -0.39 is 15.8 Å². The van der Waals surface area contributed by atoms with Crippen LogP contribution in [0.1, 0.15) is 31.2 Å². The van der Waals surface area contributed by atoms with Crippen LogP contribution in [0.5, 0.6) is 0 Å². The number of aromatic nitrogens is 4. The summed E-state index contributed by atoms with van der Waals surface area (Å²) in [6.45, 7) is 1.88. The van der Waals surface area contributed by atoms with Crippen molar-refractivity contribution in [3.8, 4) is 11.4 Å². The van der Waals surface area contributed by atoms with Crippen LogP contribution in [0.2, 0.25) is 5.02 Å². The lowest BCUT2D eigenvalue weighted by Gasteiger charge is -2.29. The SMILES string of the molecule is COC1CCC[C@H](Nc2nc(-c3cn(S(=O)(=O)c4ccc(C)cc4)c4ncc(Cl)cc34)ncc2F)C1. The first kappa shape index (κ1) is 24.6. The van der Waals surface area contributed by atoms with Crippen LogP contribution in [-0.2, 0) is 14.8 Å². The summed E-state index contributed by atoms with van der Waals surface area (Å²) in [5.74, 6) is -0.380. The van der Waals surface area contributed by atoms with Crippen LogP contribution in [0, 0.1) is 12.7 Å². The third-order valence-electron chi connectivity index (χ3n) is 6.44. The summed E-state index contributed by atoms with van der Waals surface area (Å²) in [5, 5.41) is 3.94. The molecule has 3 aromatic heterocycles. The van der Waals surface area contributed by atoms with E-state index in [1.807, 2.05) is 6.92 Å². The van der Waals surface area contributed by atoms with Gasteiger partial charge in [0.1, 0.15) is 0 Å². The summed E-state index contributed by atoms with van der Waals surface area (Å²) >= 11 is 6.20. The molecule has 2 atom stereocenters. The lowest BCUT2D eigenvalue weighted by Crippen LogP contribution is -2.31. The Bertz CT molecular complexity index is 1520. The molecule has 0 spiro atoms. The number of hydrogen-bond acceptors (Lipinski definition) is 7. The zero-order valence-corrected chi connectivity index (χ0v) is 21.4. The minimum Gasteiger partial charge on any atom is -0.381 e. The number of nitrogens with one attached hydrogen (secondary N) is 1. The van der Waals surface area contributed by atoms with Crippen LogP contribution in [0.25, 0.3) is 22.4 Å². The first-order chi connectivity index (χ1) is 17.3. The smallest absolute Gasteiger partial charge is 0.269 e. The quantitative estimate of drug-likeness (QED) is 0.366. The van der Waals surface area contributed by atoms with Gasteiger partial charge in [0, 0.05) is 36.5 Å². The Morgan fingerprint density at radius 3 is 2.69 bits per heavy atom.